The summed E-state index contributed by atoms with van der Waals surface area (Å²) >= 11 is 0. The molecule has 1 amide bonds. The molecule has 1 aliphatic heterocycles. The summed E-state index contributed by atoms with van der Waals surface area (Å²) in [6.07, 6.45) is 4.90. The van der Waals surface area contributed by atoms with E-state index in [1.54, 1.807) is 7.05 Å². The number of anilines is 1. The summed E-state index contributed by atoms with van der Waals surface area (Å²) in [5, 5.41) is 6.12. The number of amides is 1. The Balaban J connectivity index is 2.07. The minimum absolute atomic E-state index is 0.000712. The van der Waals surface area contributed by atoms with Gasteiger partial charge in [0.1, 0.15) is 5.82 Å². The van der Waals surface area contributed by atoms with Gasteiger partial charge in [-0.3, -0.25) is 9.69 Å². The van der Waals surface area contributed by atoms with Gasteiger partial charge in [-0.05, 0) is 31.9 Å². The lowest BCUT2D eigenvalue weighted by Gasteiger charge is -2.24. The lowest BCUT2D eigenvalue weighted by Crippen LogP contribution is -2.41. The molecule has 1 saturated heterocycles. The van der Waals surface area contributed by atoms with Crippen LogP contribution in [0.1, 0.15) is 31.7 Å². The summed E-state index contributed by atoms with van der Waals surface area (Å²) in [5.41, 5.74) is 1.16. The SMILES string of the molecule is CCCNc1ncccc1CN1CCCC1C(=O)NC. The highest BCUT2D eigenvalue weighted by atomic mass is 16.2. The lowest BCUT2D eigenvalue weighted by molar-refractivity contribution is -0.125. The average molecular weight is 276 g/mol. The van der Waals surface area contributed by atoms with Gasteiger partial charge in [-0.2, -0.15) is 0 Å². The number of likely N-dealkylation sites (tertiary alicyclic amines) is 1. The zero-order valence-corrected chi connectivity index (χ0v) is 12.4. The first-order chi connectivity index (χ1) is 9.76. The Labute approximate surface area is 120 Å². The zero-order valence-electron chi connectivity index (χ0n) is 12.4. The molecule has 0 aliphatic carbocycles. The second-order valence-electron chi connectivity index (χ2n) is 5.18. The number of nitrogens with zero attached hydrogens (tertiary/aromatic N) is 2. The molecule has 20 heavy (non-hydrogen) atoms. The van der Waals surface area contributed by atoms with Crippen LogP contribution in [-0.2, 0) is 11.3 Å². The van der Waals surface area contributed by atoms with Gasteiger partial charge in [0.05, 0.1) is 6.04 Å². The van der Waals surface area contributed by atoms with Crippen LogP contribution in [0.15, 0.2) is 18.3 Å². The van der Waals surface area contributed by atoms with Gasteiger partial charge >= 0.3 is 0 Å². The van der Waals surface area contributed by atoms with E-state index in [0.29, 0.717) is 0 Å². The maximum Gasteiger partial charge on any atom is 0.237 e. The quantitative estimate of drug-likeness (QED) is 0.829. The van der Waals surface area contributed by atoms with Gasteiger partial charge < -0.3 is 10.6 Å². The molecular weight excluding hydrogens is 252 g/mol. The van der Waals surface area contributed by atoms with Crippen molar-refractivity contribution in [1.82, 2.24) is 15.2 Å². The number of aromatic nitrogens is 1. The Bertz CT molecular complexity index is 449. The van der Waals surface area contributed by atoms with Crippen molar-refractivity contribution in [3.63, 3.8) is 0 Å². The largest absolute Gasteiger partial charge is 0.370 e. The van der Waals surface area contributed by atoms with Crippen molar-refractivity contribution in [3.05, 3.63) is 23.9 Å². The van der Waals surface area contributed by atoms with E-state index >= 15 is 0 Å². The lowest BCUT2D eigenvalue weighted by atomic mass is 10.2. The molecule has 110 valence electrons. The Morgan fingerprint density at radius 3 is 3.15 bits per heavy atom. The highest BCUT2D eigenvalue weighted by Crippen LogP contribution is 2.22. The number of hydrogen-bond donors (Lipinski definition) is 2. The van der Waals surface area contributed by atoms with Crippen LogP contribution in [0.4, 0.5) is 5.82 Å². The Hall–Kier alpha value is -1.62. The predicted molar refractivity (Wildman–Crippen MR) is 80.5 cm³/mol. The highest BCUT2D eigenvalue weighted by Gasteiger charge is 2.30. The second kappa shape index (κ2) is 7.24. The predicted octanol–water partition coefficient (Wildman–Crippen LogP) is 1.61. The van der Waals surface area contributed by atoms with E-state index < -0.39 is 0 Å². The molecule has 5 heteroatoms. The maximum absolute atomic E-state index is 11.9. The van der Waals surface area contributed by atoms with E-state index in [1.807, 2.05) is 12.3 Å². The number of likely N-dealkylation sites (N-methyl/N-ethyl adjacent to an activating group) is 1. The third kappa shape index (κ3) is 3.48. The first-order valence-corrected chi connectivity index (χ1v) is 7.39. The average Bonchev–Trinajstić information content (AvgIpc) is 2.93. The molecule has 1 aliphatic rings. The van der Waals surface area contributed by atoms with Crippen LogP contribution in [0.3, 0.4) is 0 Å². The van der Waals surface area contributed by atoms with Crippen molar-refractivity contribution in [2.45, 2.75) is 38.8 Å². The molecule has 2 heterocycles. The van der Waals surface area contributed by atoms with Crippen LogP contribution < -0.4 is 10.6 Å². The fourth-order valence-electron chi connectivity index (χ4n) is 2.67. The molecule has 1 aromatic rings. The van der Waals surface area contributed by atoms with E-state index in [-0.39, 0.29) is 11.9 Å². The van der Waals surface area contributed by atoms with Crippen LogP contribution in [0.2, 0.25) is 0 Å². The summed E-state index contributed by atoms with van der Waals surface area (Å²) in [4.78, 5) is 18.5. The topological polar surface area (TPSA) is 57.3 Å². The minimum atomic E-state index is -0.000712. The summed E-state index contributed by atoms with van der Waals surface area (Å²) in [7, 11) is 1.71. The van der Waals surface area contributed by atoms with Gasteiger partial charge in [0, 0.05) is 31.9 Å². The Morgan fingerprint density at radius 1 is 1.55 bits per heavy atom. The third-order valence-electron chi connectivity index (χ3n) is 3.72. The van der Waals surface area contributed by atoms with Crippen LogP contribution in [-0.4, -0.2) is 42.0 Å². The van der Waals surface area contributed by atoms with Crippen LogP contribution in [0.25, 0.3) is 0 Å². The smallest absolute Gasteiger partial charge is 0.237 e. The van der Waals surface area contributed by atoms with Crippen molar-refractivity contribution >= 4 is 11.7 Å². The zero-order chi connectivity index (χ0) is 14.4. The number of carbonyl (C=O) groups is 1. The summed E-state index contributed by atoms with van der Waals surface area (Å²) in [6.45, 7) is 4.80. The molecule has 1 atom stereocenters. The number of pyridine rings is 1. The molecular formula is C15H24N4O. The highest BCUT2D eigenvalue weighted by molar-refractivity contribution is 5.81. The van der Waals surface area contributed by atoms with Gasteiger partial charge in [-0.1, -0.05) is 13.0 Å². The van der Waals surface area contributed by atoms with Crippen LogP contribution >= 0.6 is 0 Å². The third-order valence-corrected chi connectivity index (χ3v) is 3.72. The van der Waals surface area contributed by atoms with Gasteiger partial charge in [-0.15, -0.1) is 0 Å². The number of rotatable bonds is 6. The Morgan fingerprint density at radius 2 is 2.40 bits per heavy atom. The Kier molecular flexibility index (Phi) is 5.35. The van der Waals surface area contributed by atoms with E-state index in [2.05, 4.69) is 33.5 Å². The standard InChI is InChI=1S/C15H24N4O/c1-3-8-17-14-12(6-4-9-18-14)11-19-10-5-7-13(19)15(20)16-2/h4,6,9,13H,3,5,7-8,10-11H2,1-2H3,(H,16,20)(H,17,18). The normalized spacial score (nSPS) is 19.0. The van der Waals surface area contributed by atoms with Gasteiger partial charge in [0.25, 0.3) is 0 Å². The molecule has 0 bridgehead atoms. The summed E-state index contributed by atoms with van der Waals surface area (Å²) in [5.74, 6) is 1.06. The molecule has 2 rings (SSSR count). The molecule has 0 radical (unpaired) electrons. The molecule has 1 unspecified atom stereocenters. The van der Waals surface area contributed by atoms with Crippen molar-refractivity contribution < 1.29 is 4.79 Å². The fraction of sp³-hybridized carbons (Fsp3) is 0.600. The van der Waals surface area contributed by atoms with E-state index in [9.17, 15) is 4.79 Å². The second-order valence-corrected chi connectivity index (χ2v) is 5.18. The maximum atomic E-state index is 11.9. The van der Waals surface area contributed by atoms with Gasteiger partial charge in [-0.25, -0.2) is 4.98 Å². The first kappa shape index (κ1) is 14.8. The van der Waals surface area contributed by atoms with Crippen molar-refractivity contribution in [3.8, 4) is 0 Å². The van der Waals surface area contributed by atoms with Crippen LogP contribution in [0.5, 0.6) is 0 Å². The van der Waals surface area contributed by atoms with E-state index in [4.69, 9.17) is 0 Å². The van der Waals surface area contributed by atoms with Crippen LogP contribution in [0, 0.1) is 0 Å². The molecule has 0 aromatic carbocycles. The molecule has 1 fully saturated rings. The minimum Gasteiger partial charge on any atom is -0.370 e. The monoisotopic (exact) mass is 276 g/mol. The molecule has 0 saturated carbocycles. The first-order valence-electron chi connectivity index (χ1n) is 7.39. The number of hydrogen-bond acceptors (Lipinski definition) is 4. The van der Waals surface area contributed by atoms with E-state index in [0.717, 1.165) is 50.3 Å². The van der Waals surface area contributed by atoms with E-state index in [1.165, 1.54) is 0 Å². The van der Waals surface area contributed by atoms with Gasteiger partial charge in [0.2, 0.25) is 5.91 Å². The number of carbonyl (C=O) groups excluding carboxylic acids is 1. The summed E-state index contributed by atoms with van der Waals surface area (Å²) in [6, 6.07) is 4.04. The molecule has 2 N–H and O–H groups in total. The molecule has 5 nitrogen and oxygen atoms in total. The van der Waals surface area contributed by atoms with Crippen molar-refractivity contribution in [2.24, 2.45) is 0 Å². The fourth-order valence-corrected chi connectivity index (χ4v) is 2.67. The number of nitrogens with one attached hydrogen (secondary N) is 2. The van der Waals surface area contributed by atoms with Crippen molar-refractivity contribution in [1.29, 1.82) is 0 Å². The van der Waals surface area contributed by atoms with Gasteiger partial charge in [0.15, 0.2) is 0 Å². The molecule has 0 spiro atoms. The van der Waals surface area contributed by atoms with Crippen molar-refractivity contribution in [2.75, 3.05) is 25.5 Å². The summed E-state index contributed by atoms with van der Waals surface area (Å²) < 4.78 is 0. The molecule has 1 aromatic heterocycles.